The zero-order chi connectivity index (χ0) is 17.9. The fourth-order valence-electron chi connectivity index (χ4n) is 2.65. The molecule has 1 unspecified atom stereocenters. The summed E-state index contributed by atoms with van der Waals surface area (Å²) in [6.45, 7) is 2.10. The normalized spacial score (nSPS) is 18.7. The van der Waals surface area contributed by atoms with Crippen LogP contribution >= 0.6 is 0 Å². The predicted molar refractivity (Wildman–Crippen MR) is 95.7 cm³/mol. The molecule has 1 saturated heterocycles. The fourth-order valence-corrected chi connectivity index (χ4v) is 4.32. The third-order valence-electron chi connectivity index (χ3n) is 4.09. The molecule has 1 aromatic carbocycles. The highest BCUT2D eigenvalue weighted by Crippen LogP contribution is 2.15. The summed E-state index contributed by atoms with van der Waals surface area (Å²) in [4.78, 5) is 20.4. The summed E-state index contributed by atoms with van der Waals surface area (Å²) in [7, 11) is -3.03. The Labute approximate surface area is 146 Å². The first kappa shape index (κ1) is 17.3. The van der Waals surface area contributed by atoms with E-state index in [-0.39, 0.29) is 23.2 Å². The number of benzene rings is 1. The number of anilines is 2. The molecule has 0 saturated carbocycles. The van der Waals surface area contributed by atoms with Crippen molar-refractivity contribution in [3.8, 4) is 0 Å². The molecule has 2 heterocycles. The van der Waals surface area contributed by atoms with E-state index in [0.717, 1.165) is 12.1 Å². The van der Waals surface area contributed by atoms with Gasteiger partial charge in [0.2, 0.25) is 0 Å². The molecule has 0 bridgehead atoms. The average molecular weight is 360 g/mol. The van der Waals surface area contributed by atoms with Gasteiger partial charge in [0.25, 0.3) is 5.91 Å². The maximum Gasteiger partial charge on any atom is 0.271 e. The zero-order valence-electron chi connectivity index (χ0n) is 13.9. The van der Waals surface area contributed by atoms with Crippen molar-refractivity contribution < 1.29 is 13.2 Å². The number of sulfone groups is 1. The Morgan fingerprint density at radius 2 is 1.96 bits per heavy atom. The van der Waals surface area contributed by atoms with Crippen LogP contribution in [0.1, 0.15) is 29.4 Å². The van der Waals surface area contributed by atoms with Crippen LogP contribution in [0.2, 0.25) is 0 Å². The fraction of sp³-hybridized carbons (Fsp3) is 0.353. The van der Waals surface area contributed by atoms with Gasteiger partial charge in [-0.3, -0.25) is 4.79 Å². The van der Waals surface area contributed by atoms with Gasteiger partial charge in [0.05, 0.1) is 23.9 Å². The summed E-state index contributed by atoms with van der Waals surface area (Å²) in [6.07, 6.45) is 4.27. The lowest BCUT2D eigenvalue weighted by molar-refractivity contribution is 0.0935. The highest BCUT2D eigenvalue weighted by Gasteiger charge is 2.29. The van der Waals surface area contributed by atoms with E-state index in [1.165, 1.54) is 18.0 Å². The molecule has 1 aliphatic heterocycles. The molecule has 2 aromatic rings. The van der Waals surface area contributed by atoms with E-state index < -0.39 is 15.7 Å². The van der Waals surface area contributed by atoms with E-state index in [1.807, 2.05) is 24.3 Å². The summed E-state index contributed by atoms with van der Waals surface area (Å²) in [5.41, 5.74) is 2.30. The molecular weight excluding hydrogens is 340 g/mol. The minimum Gasteiger partial charge on any atom is -0.347 e. The van der Waals surface area contributed by atoms with Crippen LogP contribution in [-0.2, 0) is 16.3 Å². The van der Waals surface area contributed by atoms with Crippen LogP contribution in [0, 0.1) is 0 Å². The smallest absolute Gasteiger partial charge is 0.271 e. The molecule has 7 nitrogen and oxygen atoms in total. The zero-order valence-corrected chi connectivity index (χ0v) is 14.7. The van der Waals surface area contributed by atoms with Crippen molar-refractivity contribution in [3.05, 3.63) is 47.9 Å². The van der Waals surface area contributed by atoms with Gasteiger partial charge in [-0.05, 0) is 30.5 Å². The Bertz CT molecular complexity index is 848. The molecule has 3 rings (SSSR count). The standard InChI is InChI=1S/C17H20N4O3S/c1-2-12-3-5-13(6-4-12)20-16-10-18-15(9-19-16)17(22)21-14-7-8-25(23,24)11-14/h3-6,9-10,14H,2,7-8,11H2,1H3,(H,19,20)(H,21,22). The van der Waals surface area contributed by atoms with Crippen molar-refractivity contribution >= 4 is 27.2 Å². The Kier molecular flexibility index (Phi) is 4.98. The van der Waals surface area contributed by atoms with Crippen LogP contribution in [0.4, 0.5) is 11.5 Å². The second kappa shape index (κ2) is 7.18. The van der Waals surface area contributed by atoms with Crippen molar-refractivity contribution in [2.24, 2.45) is 0 Å². The van der Waals surface area contributed by atoms with Crippen molar-refractivity contribution in [1.82, 2.24) is 15.3 Å². The summed E-state index contributed by atoms with van der Waals surface area (Å²) in [5, 5.41) is 5.81. The van der Waals surface area contributed by atoms with E-state index >= 15 is 0 Å². The highest BCUT2D eigenvalue weighted by atomic mass is 32.2. The van der Waals surface area contributed by atoms with E-state index in [9.17, 15) is 13.2 Å². The third-order valence-corrected chi connectivity index (χ3v) is 5.85. The van der Waals surface area contributed by atoms with Gasteiger partial charge in [-0.2, -0.15) is 0 Å². The molecule has 1 amide bonds. The van der Waals surface area contributed by atoms with E-state index in [4.69, 9.17) is 0 Å². The monoisotopic (exact) mass is 360 g/mol. The molecular formula is C17H20N4O3S. The number of nitrogens with zero attached hydrogens (tertiary/aromatic N) is 2. The lowest BCUT2D eigenvalue weighted by Gasteiger charge is -2.10. The van der Waals surface area contributed by atoms with Gasteiger partial charge in [-0.1, -0.05) is 19.1 Å². The lowest BCUT2D eigenvalue weighted by Crippen LogP contribution is -2.36. The summed E-state index contributed by atoms with van der Waals surface area (Å²) >= 11 is 0. The number of hydrogen-bond acceptors (Lipinski definition) is 6. The summed E-state index contributed by atoms with van der Waals surface area (Å²) in [6, 6.07) is 7.64. The van der Waals surface area contributed by atoms with Gasteiger partial charge in [0.15, 0.2) is 9.84 Å². The van der Waals surface area contributed by atoms with Gasteiger partial charge in [-0.25, -0.2) is 18.4 Å². The number of nitrogens with one attached hydrogen (secondary N) is 2. The van der Waals surface area contributed by atoms with Gasteiger partial charge < -0.3 is 10.6 Å². The van der Waals surface area contributed by atoms with Crippen LogP contribution in [0.3, 0.4) is 0 Å². The second-order valence-electron chi connectivity index (χ2n) is 6.04. The highest BCUT2D eigenvalue weighted by molar-refractivity contribution is 7.91. The lowest BCUT2D eigenvalue weighted by atomic mass is 10.1. The Morgan fingerprint density at radius 1 is 1.20 bits per heavy atom. The molecule has 0 spiro atoms. The Hall–Kier alpha value is -2.48. The van der Waals surface area contributed by atoms with E-state index in [0.29, 0.717) is 12.2 Å². The maximum atomic E-state index is 12.1. The van der Waals surface area contributed by atoms with Crippen molar-refractivity contribution in [2.45, 2.75) is 25.8 Å². The number of aryl methyl sites for hydroxylation is 1. The van der Waals surface area contributed by atoms with E-state index in [2.05, 4.69) is 27.5 Å². The number of rotatable bonds is 5. The van der Waals surface area contributed by atoms with Gasteiger partial charge >= 0.3 is 0 Å². The number of aromatic nitrogens is 2. The minimum absolute atomic E-state index is 0.0143. The van der Waals surface area contributed by atoms with Gasteiger partial charge in [0.1, 0.15) is 11.5 Å². The minimum atomic E-state index is -3.03. The molecule has 0 radical (unpaired) electrons. The van der Waals surface area contributed by atoms with Crippen molar-refractivity contribution in [2.75, 3.05) is 16.8 Å². The van der Waals surface area contributed by atoms with Gasteiger partial charge in [0, 0.05) is 11.7 Å². The first-order valence-corrected chi connectivity index (χ1v) is 9.96. The van der Waals surface area contributed by atoms with Crippen molar-refractivity contribution in [1.29, 1.82) is 0 Å². The van der Waals surface area contributed by atoms with Crippen LogP contribution < -0.4 is 10.6 Å². The number of hydrogen-bond donors (Lipinski definition) is 2. The molecule has 25 heavy (non-hydrogen) atoms. The van der Waals surface area contributed by atoms with Crippen molar-refractivity contribution in [3.63, 3.8) is 0 Å². The number of carbonyl (C=O) groups is 1. The van der Waals surface area contributed by atoms with Gasteiger partial charge in [-0.15, -0.1) is 0 Å². The number of amides is 1. The SMILES string of the molecule is CCc1ccc(Nc2cnc(C(=O)NC3CCS(=O)(=O)C3)cn2)cc1. The van der Waals surface area contributed by atoms with E-state index in [1.54, 1.807) is 0 Å². The molecule has 1 atom stereocenters. The quantitative estimate of drug-likeness (QED) is 0.842. The third kappa shape index (κ3) is 4.54. The molecule has 132 valence electrons. The molecule has 8 heteroatoms. The molecule has 1 fully saturated rings. The first-order chi connectivity index (χ1) is 11.9. The topological polar surface area (TPSA) is 101 Å². The maximum absolute atomic E-state index is 12.1. The molecule has 0 aliphatic carbocycles. The van der Waals surface area contributed by atoms with Crippen LogP contribution in [0.25, 0.3) is 0 Å². The second-order valence-corrected chi connectivity index (χ2v) is 8.26. The molecule has 1 aliphatic rings. The average Bonchev–Trinajstić information content (AvgIpc) is 2.94. The van der Waals surface area contributed by atoms with Crippen LogP contribution in [0.15, 0.2) is 36.7 Å². The number of carbonyl (C=O) groups excluding carboxylic acids is 1. The van der Waals surface area contributed by atoms with Crippen LogP contribution in [0.5, 0.6) is 0 Å². The molecule has 2 N–H and O–H groups in total. The first-order valence-electron chi connectivity index (χ1n) is 8.14. The summed E-state index contributed by atoms with van der Waals surface area (Å²) < 4.78 is 22.9. The summed E-state index contributed by atoms with van der Waals surface area (Å²) in [5.74, 6) is 0.223. The predicted octanol–water partition coefficient (Wildman–Crippen LogP) is 1.70. The van der Waals surface area contributed by atoms with Crippen LogP contribution in [-0.4, -0.2) is 41.8 Å². The Balaban J connectivity index is 1.60. The Morgan fingerprint density at radius 3 is 2.52 bits per heavy atom. The largest absolute Gasteiger partial charge is 0.347 e. The molecule has 1 aromatic heterocycles.